The summed E-state index contributed by atoms with van der Waals surface area (Å²) in [6, 6.07) is 6.89. The standard InChI is InChI=1S/C29H30F2N6O2/c1-16-27(36(4)35-34-16)20-14-24-21(13-22(20)31)26-25(11-18(15-33-26)29(2,3)38)37(24)28(17-6-9-39-10-7-17)23-12-19(30)5-8-32-23/h5,8,11-15,17,28,38H,6-7,9-10H2,1-4H3/i1D3. The third-order valence-electron chi connectivity index (χ3n) is 7.55. The van der Waals surface area contributed by atoms with E-state index in [1.807, 2.05) is 10.6 Å². The SMILES string of the molecule is [2H]C([2H])([2H])c1nnn(C)c1-c1cc2c(cc1F)c1ncc(C(C)(C)O)cc1n2C(c1cc(F)ccn1)C1CCOCC1. The quantitative estimate of drug-likeness (QED) is 0.332. The normalized spacial score (nSPS) is 17.3. The molecule has 8 nitrogen and oxygen atoms in total. The first-order valence-electron chi connectivity index (χ1n) is 14.3. The van der Waals surface area contributed by atoms with Crippen LogP contribution in [0.15, 0.2) is 42.7 Å². The topological polar surface area (TPSA) is 90.9 Å². The Balaban J connectivity index is 1.73. The summed E-state index contributed by atoms with van der Waals surface area (Å²) in [4.78, 5) is 9.22. The molecule has 1 fully saturated rings. The molecule has 202 valence electrons. The third-order valence-corrected chi connectivity index (χ3v) is 7.55. The largest absolute Gasteiger partial charge is 0.386 e. The van der Waals surface area contributed by atoms with Crippen molar-refractivity contribution in [1.29, 1.82) is 0 Å². The van der Waals surface area contributed by atoms with E-state index in [0.717, 1.165) is 0 Å². The third kappa shape index (κ3) is 4.37. The number of rotatable bonds is 5. The Morgan fingerprint density at radius 3 is 2.64 bits per heavy atom. The molecule has 1 N–H and O–H groups in total. The maximum absolute atomic E-state index is 16.0. The number of aryl methyl sites for hydroxylation is 2. The molecule has 0 bridgehead atoms. The summed E-state index contributed by atoms with van der Waals surface area (Å²) in [6.45, 7) is 1.70. The molecule has 5 heterocycles. The van der Waals surface area contributed by atoms with E-state index in [0.29, 0.717) is 59.2 Å². The van der Waals surface area contributed by atoms with Gasteiger partial charge in [0, 0.05) is 53.3 Å². The van der Waals surface area contributed by atoms with E-state index in [1.54, 1.807) is 26.1 Å². The minimum atomic E-state index is -2.63. The molecule has 0 aliphatic carbocycles. The van der Waals surface area contributed by atoms with Gasteiger partial charge in [-0.2, -0.15) is 0 Å². The number of ether oxygens (including phenoxy) is 1. The molecule has 0 spiro atoms. The Morgan fingerprint density at radius 1 is 1.13 bits per heavy atom. The highest BCUT2D eigenvalue weighted by Gasteiger charge is 2.32. The van der Waals surface area contributed by atoms with Crippen LogP contribution in [-0.4, -0.2) is 47.8 Å². The Hall–Kier alpha value is -3.76. The molecular formula is C29H30F2N6O2. The van der Waals surface area contributed by atoms with Crippen molar-refractivity contribution in [1.82, 2.24) is 29.5 Å². The van der Waals surface area contributed by atoms with Crippen LogP contribution >= 0.6 is 0 Å². The maximum Gasteiger partial charge on any atom is 0.133 e. The first-order chi connectivity index (χ1) is 19.8. The second kappa shape index (κ2) is 9.46. The van der Waals surface area contributed by atoms with E-state index in [9.17, 15) is 9.50 Å². The molecule has 1 aliphatic rings. The lowest BCUT2D eigenvalue weighted by Crippen LogP contribution is -2.27. The van der Waals surface area contributed by atoms with Crippen molar-refractivity contribution >= 4 is 21.9 Å². The number of nitrogens with zero attached hydrogens (tertiary/aromatic N) is 6. The predicted molar refractivity (Wildman–Crippen MR) is 143 cm³/mol. The second-order valence-corrected chi connectivity index (χ2v) is 10.6. The summed E-state index contributed by atoms with van der Waals surface area (Å²) in [7, 11) is 1.51. The van der Waals surface area contributed by atoms with Gasteiger partial charge in [-0.1, -0.05) is 5.21 Å². The van der Waals surface area contributed by atoms with Crippen LogP contribution in [0, 0.1) is 24.4 Å². The molecule has 10 heteroatoms. The van der Waals surface area contributed by atoms with E-state index >= 15 is 4.39 Å². The highest BCUT2D eigenvalue weighted by atomic mass is 19.1. The van der Waals surface area contributed by atoms with Gasteiger partial charge in [-0.3, -0.25) is 9.97 Å². The summed E-state index contributed by atoms with van der Waals surface area (Å²) in [5.74, 6) is -1.14. The van der Waals surface area contributed by atoms with Gasteiger partial charge in [-0.15, -0.1) is 5.10 Å². The van der Waals surface area contributed by atoms with Crippen LogP contribution in [0.2, 0.25) is 0 Å². The number of benzene rings is 1. The van der Waals surface area contributed by atoms with Crippen molar-refractivity contribution < 1.29 is 22.7 Å². The number of pyridine rings is 2. The molecule has 1 atom stereocenters. The molecule has 1 aromatic carbocycles. The van der Waals surface area contributed by atoms with Gasteiger partial charge in [-0.25, -0.2) is 13.5 Å². The molecule has 5 aromatic rings. The molecule has 1 unspecified atom stereocenters. The van der Waals surface area contributed by atoms with Crippen molar-refractivity contribution in [2.45, 2.75) is 45.2 Å². The molecule has 39 heavy (non-hydrogen) atoms. The number of aromatic nitrogens is 6. The van der Waals surface area contributed by atoms with E-state index in [1.165, 1.54) is 36.1 Å². The average molecular weight is 536 g/mol. The Kier molecular flexibility index (Phi) is 5.36. The van der Waals surface area contributed by atoms with Gasteiger partial charge in [0.1, 0.15) is 11.6 Å². The van der Waals surface area contributed by atoms with Crippen LogP contribution in [0.4, 0.5) is 8.78 Å². The lowest BCUT2D eigenvalue weighted by Gasteiger charge is -2.32. The molecule has 0 amide bonds. The highest BCUT2D eigenvalue weighted by molar-refractivity contribution is 6.07. The maximum atomic E-state index is 16.0. The van der Waals surface area contributed by atoms with Gasteiger partial charge in [-0.05, 0) is 69.8 Å². The minimum absolute atomic E-state index is 0.00539. The summed E-state index contributed by atoms with van der Waals surface area (Å²) in [6.07, 6.45) is 4.32. The number of hydrogen-bond acceptors (Lipinski definition) is 6. The lowest BCUT2D eigenvalue weighted by molar-refractivity contribution is 0.0547. The van der Waals surface area contributed by atoms with Crippen molar-refractivity contribution in [3.8, 4) is 11.3 Å². The Bertz CT molecular complexity index is 1810. The van der Waals surface area contributed by atoms with Gasteiger partial charge in [0.05, 0.1) is 45.3 Å². The number of hydrogen-bond donors (Lipinski definition) is 1. The van der Waals surface area contributed by atoms with Gasteiger partial charge in [0.2, 0.25) is 0 Å². The minimum Gasteiger partial charge on any atom is -0.386 e. The van der Waals surface area contributed by atoms with Gasteiger partial charge in [0.15, 0.2) is 0 Å². The number of fused-ring (bicyclic) bond motifs is 3. The Labute approximate surface area is 228 Å². The van der Waals surface area contributed by atoms with Crippen LogP contribution in [0.25, 0.3) is 33.2 Å². The summed E-state index contributed by atoms with van der Waals surface area (Å²) in [5.41, 5.74) is 1.14. The van der Waals surface area contributed by atoms with E-state index < -0.39 is 30.1 Å². The van der Waals surface area contributed by atoms with Crippen LogP contribution in [-0.2, 0) is 17.4 Å². The Morgan fingerprint density at radius 2 is 1.92 bits per heavy atom. The van der Waals surface area contributed by atoms with Crippen LogP contribution in [0.3, 0.4) is 0 Å². The highest BCUT2D eigenvalue weighted by Crippen LogP contribution is 2.42. The van der Waals surface area contributed by atoms with Gasteiger partial charge >= 0.3 is 0 Å². The van der Waals surface area contributed by atoms with E-state index in [-0.39, 0.29) is 22.9 Å². The zero-order chi connectivity index (χ0) is 30.0. The summed E-state index contributed by atoms with van der Waals surface area (Å²) in [5, 5.41) is 19.0. The summed E-state index contributed by atoms with van der Waals surface area (Å²) < 4.78 is 63.3. The molecule has 1 aliphatic heterocycles. The van der Waals surface area contributed by atoms with Crippen molar-refractivity contribution in [3.63, 3.8) is 0 Å². The predicted octanol–water partition coefficient (Wildman–Crippen LogP) is 5.21. The van der Waals surface area contributed by atoms with E-state index in [2.05, 4.69) is 20.3 Å². The average Bonchev–Trinajstić information content (AvgIpc) is 3.46. The molecule has 6 rings (SSSR count). The zero-order valence-electron chi connectivity index (χ0n) is 24.8. The van der Waals surface area contributed by atoms with Gasteiger partial charge < -0.3 is 14.4 Å². The van der Waals surface area contributed by atoms with Crippen molar-refractivity contribution in [2.24, 2.45) is 13.0 Å². The molecular weight excluding hydrogens is 502 g/mol. The first kappa shape index (κ1) is 22.1. The molecule has 1 saturated heterocycles. The van der Waals surface area contributed by atoms with Gasteiger partial charge in [0.25, 0.3) is 0 Å². The molecule has 0 radical (unpaired) electrons. The van der Waals surface area contributed by atoms with E-state index in [4.69, 9.17) is 8.85 Å². The number of aliphatic hydroxyl groups is 1. The van der Waals surface area contributed by atoms with Crippen molar-refractivity contribution in [2.75, 3.05) is 13.2 Å². The van der Waals surface area contributed by atoms with Crippen LogP contribution in [0.5, 0.6) is 0 Å². The zero-order valence-corrected chi connectivity index (χ0v) is 21.8. The monoisotopic (exact) mass is 535 g/mol. The van der Waals surface area contributed by atoms with Crippen LogP contribution in [0.1, 0.15) is 53.8 Å². The summed E-state index contributed by atoms with van der Waals surface area (Å²) >= 11 is 0. The number of halogens is 2. The molecule has 0 saturated carbocycles. The lowest BCUT2D eigenvalue weighted by atomic mass is 9.88. The fourth-order valence-corrected chi connectivity index (χ4v) is 5.60. The van der Waals surface area contributed by atoms with Crippen LogP contribution < -0.4 is 0 Å². The van der Waals surface area contributed by atoms with Crippen molar-refractivity contribution in [3.05, 3.63) is 71.3 Å². The smallest absolute Gasteiger partial charge is 0.133 e. The fraction of sp³-hybridized carbons (Fsp3) is 0.379. The fourth-order valence-electron chi connectivity index (χ4n) is 5.60. The molecule has 4 aromatic heterocycles. The first-order valence-corrected chi connectivity index (χ1v) is 12.8. The second-order valence-electron chi connectivity index (χ2n) is 10.6.